The van der Waals surface area contributed by atoms with Crippen molar-refractivity contribution in [2.45, 2.75) is 6.92 Å². The molecule has 5 heteroatoms. The van der Waals surface area contributed by atoms with Crippen LogP contribution >= 0.6 is 23.2 Å². The van der Waals surface area contributed by atoms with E-state index in [9.17, 15) is 9.50 Å². The summed E-state index contributed by atoms with van der Waals surface area (Å²) in [7, 11) is 0. The van der Waals surface area contributed by atoms with Crippen molar-refractivity contribution >= 4 is 23.2 Å². The minimum atomic E-state index is -0.442. The molecule has 0 amide bonds. The van der Waals surface area contributed by atoms with Crippen LogP contribution in [0.2, 0.25) is 10.2 Å². The van der Waals surface area contributed by atoms with E-state index in [1.54, 1.807) is 13.0 Å². The van der Waals surface area contributed by atoms with E-state index < -0.39 is 5.82 Å². The molecule has 0 saturated carbocycles. The number of rotatable bonds is 1. The van der Waals surface area contributed by atoms with Crippen molar-refractivity contribution < 1.29 is 9.50 Å². The standard InChI is InChI=1S/C12H8Cl2FNO/c1-6-4-10(16-12(14)11(6)17)8-5-7(13)2-3-9(8)15/h2-5,17H,1H3. The lowest BCUT2D eigenvalue weighted by Crippen LogP contribution is -1.91. The van der Waals surface area contributed by atoms with Crippen molar-refractivity contribution in [2.75, 3.05) is 0 Å². The fraction of sp³-hybridized carbons (Fsp3) is 0.0833. The second-order valence-electron chi connectivity index (χ2n) is 3.59. The Kier molecular flexibility index (Phi) is 3.22. The van der Waals surface area contributed by atoms with Gasteiger partial charge in [0.05, 0.1) is 5.69 Å². The van der Waals surface area contributed by atoms with Crippen molar-refractivity contribution in [3.05, 3.63) is 45.8 Å². The minimum Gasteiger partial charge on any atom is -0.505 e. The summed E-state index contributed by atoms with van der Waals surface area (Å²) in [5.74, 6) is -0.541. The second kappa shape index (κ2) is 4.51. The summed E-state index contributed by atoms with van der Waals surface area (Å²) in [4.78, 5) is 3.92. The number of hydrogen-bond acceptors (Lipinski definition) is 2. The Morgan fingerprint density at radius 3 is 2.59 bits per heavy atom. The first-order valence-corrected chi connectivity index (χ1v) is 5.56. The van der Waals surface area contributed by atoms with E-state index in [1.165, 1.54) is 18.2 Å². The first-order chi connectivity index (χ1) is 7.99. The van der Waals surface area contributed by atoms with Crippen molar-refractivity contribution in [3.63, 3.8) is 0 Å². The van der Waals surface area contributed by atoms with Crippen LogP contribution in [0.4, 0.5) is 4.39 Å². The zero-order chi connectivity index (χ0) is 12.6. The third-order valence-corrected chi connectivity index (χ3v) is 2.84. The Balaban J connectivity index is 2.64. The summed E-state index contributed by atoms with van der Waals surface area (Å²) in [5.41, 5.74) is 1.12. The van der Waals surface area contributed by atoms with Gasteiger partial charge in [-0.25, -0.2) is 9.37 Å². The maximum atomic E-state index is 13.6. The number of hydrogen-bond donors (Lipinski definition) is 1. The van der Waals surface area contributed by atoms with E-state index >= 15 is 0 Å². The zero-order valence-electron chi connectivity index (χ0n) is 8.84. The predicted molar refractivity (Wildman–Crippen MR) is 66.1 cm³/mol. The van der Waals surface area contributed by atoms with Crippen LogP contribution in [0.15, 0.2) is 24.3 Å². The monoisotopic (exact) mass is 271 g/mol. The molecule has 88 valence electrons. The lowest BCUT2D eigenvalue weighted by molar-refractivity contribution is 0.469. The van der Waals surface area contributed by atoms with E-state index in [0.29, 0.717) is 16.3 Å². The van der Waals surface area contributed by atoms with Gasteiger partial charge in [0.2, 0.25) is 0 Å². The SMILES string of the molecule is Cc1cc(-c2cc(Cl)ccc2F)nc(Cl)c1O. The highest BCUT2D eigenvalue weighted by Gasteiger charge is 2.12. The lowest BCUT2D eigenvalue weighted by Gasteiger charge is -2.07. The number of pyridine rings is 1. The van der Waals surface area contributed by atoms with E-state index in [0.717, 1.165) is 0 Å². The molecule has 2 rings (SSSR count). The number of aryl methyl sites for hydroxylation is 1. The van der Waals surface area contributed by atoms with Gasteiger partial charge in [0.15, 0.2) is 10.9 Å². The van der Waals surface area contributed by atoms with Crippen molar-refractivity contribution in [2.24, 2.45) is 0 Å². The van der Waals surface area contributed by atoms with Gasteiger partial charge in [-0.15, -0.1) is 0 Å². The number of benzene rings is 1. The topological polar surface area (TPSA) is 33.1 Å². The molecule has 0 bridgehead atoms. The Bertz CT molecular complexity index is 564. The van der Waals surface area contributed by atoms with Crippen LogP contribution in [0.3, 0.4) is 0 Å². The lowest BCUT2D eigenvalue weighted by atomic mass is 10.1. The van der Waals surface area contributed by atoms with E-state index in [4.69, 9.17) is 23.2 Å². The average molecular weight is 272 g/mol. The maximum absolute atomic E-state index is 13.6. The molecule has 0 spiro atoms. The van der Waals surface area contributed by atoms with Gasteiger partial charge in [0.25, 0.3) is 0 Å². The van der Waals surface area contributed by atoms with Crippen LogP contribution < -0.4 is 0 Å². The molecular formula is C12H8Cl2FNO. The zero-order valence-corrected chi connectivity index (χ0v) is 10.3. The minimum absolute atomic E-state index is 0.0561. The molecular weight excluding hydrogens is 264 g/mol. The first kappa shape index (κ1) is 12.1. The highest BCUT2D eigenvalue weighted by atomic mass is 35.5. The fourth-order valence-corrected chi connectivity index (χ4v) is 1.87. The van der Waals surface area contributed by atoms with E-state index in [1.807, 2.05) is 0 Å². The second-order valence-corrected chi connectivity index (χ2v) is 4.38. The van der Waals surface area contributed by atoms with Crippen molar-refractivity contribution in [3.8, 4) is 17.0 Å². The highest BCUT2D eigenvalue weighted by molar-refractivity contribution is 6.31. The Morgan fingerprint density at radius 2 is 1.94 bits per heavy atom. The number of halogens is 3. The Labute approximate surface area is 108 Å². The third-order valence-electron chi connectivity index (χ3n) is 2.35. The van der Waals surface area contributed by atoms with Gasteiger partial charge in [-0.3, -0.25) is 0 Å². The third kappa shape index (κ3) is 2.35. The summed E-state index contributed by atoms with van der Waals surface area (Å²) in [6, 6.07) is 5.73. The largest absolute Gasteiger partial charge is 0.505 e. The Morgan fingerprint density at radius 1 is 1.24 bits per heavy atom. The van der Waals surface area contributed by atoms with Crippen LogP contribution in [-0.4, -0.2) is 10.1 Å². The van der Waals surface area contributed by atoms with Gasteiger partial charge >= 0.3 is 0 Å². The molecule has 1 N–H and O–H groups in total. The molecule has 1 aromatic heterocycles. The van der Waals surface area contributed by atoms with Crippen LogP contribution in [0, 0.1) is 12.7 Å². The van der Waals surface area contributed by atoms with Crippen molar-refractivity contribution in [1.82, 2.24) is 4.98 Å². The number of nitrogens with zero attached hydrogens (tertiary/aromatic N) is 1. The normalized spacial score (nSPS) is 10.6. The molecule has 0 aliphatic heterocycles. The van der Waals surface area contributed by atoms with E-state index in [2.05, 4.69) is 4.98 Å². The summed E-state index contributed by atoms with van der Waals surface area (Å²) >= 11 is 11.5. The van der Waals surface area contributed by atoms with Crippen LogP contribution in [0.25, 0.3) is 11.3 Å². The molecule has 0 aliphatic carbocycles. The predicted octanol–water partition coefficient (Wildman–Crippen LogP) is 4.21. The summed E-state index contributed by atoms with van der Waals surface area (Å²) in [5, 5.41) is 9.84. The summed E-state index contributed by atoms with van der Waals surface area (Å²) < 4.78 is 13.6. The van der Waals surface area contributed by atoms with Crippen LogP contribution in [0.5, 0.6) is 5.75 Å². The van der Waals surface area contributed by atoms with E-state index in [-0.39, 0.29) is 16.5 Å². The first-order valence-electron chi connectivity index (χ1n) is 4.80. The molecule has 0 radical (unpaired) electrons. The van der Waals surface area contributed by atoms with Gasteiger partial charge in [-0.05, 0) is 36.8 Å². The fourth-order valence-electron chi connectivity index (χ4n) is 1.46. The molecule has 0 fully saturated rings. The molecule has 1 heterocycles. The van der Waals surface area contributed by atoms with Gasteiger partial charge in [-0.1, -0.05) is 23.2 Å². The average Bonchev–Trinajstić information content (AvgIpc) is 2.28. The maximum Gasteiger partial charge on any atom is 0.171 e. The number of aromatic nitrogens is 1. The molecule has 0 unspecified atom stereocenters. The quantitative estimate of drug-likeness (QED) is 0.789. The van der Waals surface area contributed by atoms with Gasteiger partial charge in [0, 0.05) is 10.6 Å². The van der Waals surface area contributed by atoms with Crippen LogP contribution in [-0.2, 0) is 0 Å². The van der Waals surface area contributed by atoms with Gasteiger partial charge in [0.1, 0.15) is 5.82 Å². The smallest absolute Gasteiger partial charge is 0.171 e. The highest BCUT2D eigenvalue weighted by Crippen LogP contribution is 2.31. The molecule has 0 aliphatic rings. The molecule has 17 heavy (non-hydrogen) atoms. The number of aromatic hydroxyl groups is 1. The summed E-state index contributed by atoms with van der Waals surface area (Å²) in [6.07, 6.45) is 0. The molecule has 1 aromatic carbocycles. The molecule has 2 aromatic rings. The van der Waals surface area contributed by atoms with Crippen LogP contribution in [0.1, 0.15) is 5.56 Å². The van der Waals surface area contributed by atoms with Gasteiger partial charge in [-0.2, -0.15) is 0 Å². The molecule has 2 nitrogen and oxygen atoms in total. The Hall–Kier alpha value is -1.32. The molecule has 0 saturated heterocycles. The summed E-state index contributed by atoms with van der Waals surface area (Å²) in [6.45, 7) is 1.66. The van der Waals surface area contributed by atoms with Crippen molar-refractivity contribution in [1.29, 1.82) is 0 Å². The molecule has 0 atom stereocenters. The van der Waals surface area contributed by atoms with Gasteiger partial charge < -0.3 is 5.11 Å².